The van der Waals surface area contributed by atoms with E-state index in [1.54, 1.807) is 0 Å². The van der Waals surface area contributed by atoms with Crippen LogP contribution in [0.2, 0.25) is 0 Å². The number of aryl methyl sites for hydroxylation is 1. The van der Waals surface area contributed by atoms with E-state index in [1.165, 1.54) is 12.8 Å². The molecule has 0 N–H and O–H groups in total. The summed E-state index contributed by atoms with van der Waals surface area (Å²) in [6, 6.07) is 4.49. The third-order valence-corrected chi connectivity index (χ3v) is 3.82. The normalized spacial score (nSPS) is 17.6. The lowest BCUT2D eigenvalue weighted by Crippen LogP contribution is -2.11. The summed E-state index contributed by atoms with van der Waals surface area (Å²) in [6.45, 7) is 4.26. The lowest BCUT2D eigenvalue weighted by molar-refractivity contribution is 0.483. The third-order valence-electron chi connectivity index (χ3n) is 3.58. The van der Waals surface area contributed by atoms with Crippen LogP contribution in [0.1, 0.15) is 37.3 Å². The van der Waals surface area contributed by atoms with Gasteiger partial charge in [-0.05, 0) is 44.7 Å². The predicted octanol–water partition coefficient (Wildman–Crippen LogP) is 3.45. The molecular formula is C13H16ClN3. The molecule has 3 rings (SSSR count). The monoisotopic (exact) mass is 249 g/mol. The van der Waals surface area contributed by atoms with Crippen LogP contribution >= 0.6 is 11.6 Å². The summed E-state index contributed by atoms with van der Waals surface area (Å²) >= 11 is 6.00. The molecule has 4 heteroatoms. The second-order valence-corrected chi connectivity index (χ2v) is 5.17. The highest BCUT2D eigenvalue weighted by Crippen LogP contribution is 2.41. The number of hydrogen-bond acceptors (Lipinski definition) is 2. The number of imidazole rings is 1. The molecule has 2 heterocycles. The Morgan fingerprint density at radius 1 is 1.41 bits per heavy atom. The lowest BCUT2D eigenvalue weighted by atomic mass is 10.2. The van der Waals surface area contributed by atoms with Crippen molar-refractivity contribution in [1.82, 2.24) is 14.5 Å². The summed E-state index contributed by atoms with van der Waals surface area (Å²) in [5, 5.41) is 0. The first-order chi connectivity index (χ1) is 8.20. The molecule has 90 valence electrons. The molecule has 1 aliphatic rings. The van der Waals surface area contributed by atoms with Gasteiger partial charge in [0, 0.05) is 11.7 Å². The van der Waals surface area contributed by atoms with Gasteiger partial charge in [-0.2, -0.15) is 0 Å². The van der Waals surface area contributed by atoms with Gasteiger partial charge in [0.05, 0.1) is 5.88 Å². The van der Waals surface area contributed by atoms with E-state index in [9.17, 15) is 0 Å². The average Bonchev–Trinajstić information content (AvgIpc) is 3.09. The minimum absolute atomic E-state index is 0.451. The van der Waals surface area contributed by atoms with Crippen molar-refractivity contribution >= 4 is 22.8 Å². The zero-order chi connectivity index (χ0) is 12.0. The maximum atomic E-state index is 6.00. The zero-order valence-corrected chi connectivity index (χ0v) is 10.9. The molecule has 3 nitrogen and oxygen atoms in total. The Bertz CT molecular complexity index is 557. The Morgan fingerprint density at radius 2 is 2.18 bits per heavy atom. The molecule has 1 aliphatic carbocycles. The number of fused-ring (bicyclic) bond motifs is 1. The molecule has 0 amide bonds. The number of rotatable bonds is 3. The highest BCUT2D eigenvalue weighted by molar-refractivity contribution is 6.16. The minimum Gasteiger partial charge on any atom is -0.309 e. The first-order valence-electron chi connectivity index (χ1n) is 6.11. The first kappa shape index (κ1) is 11.0. The molecule has 0 radical (unpaired) electrons. The Morgan fingerprint density at radius 3 is 2.82 bits per heavy atom. The van der Waals surface area contributed by atoms with E-state index in [-0.39, 0.29) is 0 Å². The average molecular weight is 250 g/mol. The van der Waals surface area contributed by atoms with Crippen molar-refractivity contribution in [3.63, 3.8) is 0 Å². The maximum absolute atomic E-state index is 6.00. The van der Waals surface area contributed by atoms with E-state index in [0.29, 0.717) is 11.9 Å². The van der Waals surface area contributed by atoms with Crippen molar-refractivity contribution in [3.8, 4) is 0 Å². The van der Waals surface area contributed by atoms with Crippen LogP contribution in [0.3, 0.4) is 0 Å². The largest absolute Gasteiger partial charge is 0.309 e. The lowest BCUT2D eigenvalue weighted by Gasteiger charge is -2.15. The van der Waals surface area contributed by atoms with Crippen molar-refractivity contribution in [2.45, 2.75) is 38.6 Å². The van der Waals surface area contributed by atoms with Crippen molar-refractivity contribution in [1.29, 1.82) is 0 Å². The molecule has 1 atom stereocenters. The molecule has 2 aromatic rings. The highest BCUT2D eigenvalue weighted by atomic mass is 35.5. The van der Waals surface area contributed by atoms with Gasteiger partial charge in [-0.1, -0.05) is 0 Å². The minimum atomic E-state index is 0.451. The second-order valence-electron chi connectivity index (χ2n) is 4.91. The van der Waals surface area contributed by atoms with Crippen LogP contribution in [0, 0.1) is 12.8 Å². The predicted molar refractivity (Wildman–Crippen MR) is 69.3 cm³/mol. The van der Waals surface area contributed by atoms with Crippen molar-refractivity contribution in [2.24, 2.45) is 5.92 Å². The Hall–Kier alpha value is -1.09. The molecule has 1 saturated carbocycles. The third kappa shape index (κ3) is 1.82. The van der Waals surface area contributed by atoms with Gasteiger partial charge in [-0.3, -0.25) is 0 Å². The van der Waals surface area contributed by atoms with Crippen LogP contribution < -0.4 is 0 Å². The van der Waals surface area contributed by atoms with Crippen LogP contribution in [0.4, 0.5) is 0 Å². The summed E-state index contributed by atoms with van der Waals surface area (Å²) < 4.78 is 2.23. The Balaban J connectivity index is 2.20. The van der Waals surface area contributed by atoms with Gasteiger partial charge in [0.2, 0.25) is 0 Å². The number of halogens is 1. The molecular weight excluding hydrogens is 234 g/mol. The number of alkyl halides is 1. The molecule has 1 unspecified atom stereocenters. The molecule has 17 heavy (non-hydrogen) atoms. The Labute approximate surface area is 106 Å². The molecule has 1 fully saturated rings. The van der Waals surface area contributed by atoms with E-state index in [1.807, 2.05) is 19.1 Å². The van der Waals surface area contributed by atoms with Crippen LogP contribution in [-0.4, -0.2) is 14.5 Å². The van der Waals surface area contributed by atoms with Gasteiger partial charge in [-0.15, -0.1) is 11.6 Å². The molecule has 0 spiro atoms. The molecule has 2 aromatic heterocycles. The number of hydrogen-bond donors (Lipinski definition) is 0. The van der Waals surface area contributed by atoms with Crippen LogP contribution in [0.25, 0.3) is 11.2 Å². The number of aromatic nitrogens is 3. The van der Waals surface area contributed by atoms with Gasteiger partial charge >= 0.3 is 0 Å². The van der Waals surface area contributed by atoms with Crippen molar-refractivity contribution in [2.75, 3.05) is 0 Å². The topological polar surface area (TPSA) is 30.7 Å². The summed E-state index contributed by atoms with van der Waals surface area (Å²) in [6.07, 6.45) is 2.63. The quantitative estimate of drug-likeness (QED) is 0.780. The smallest absolute Gasteiger partial charge is 0.160 e. The fraction of sp³-hybridized carbons (Fsp3) is 0.538. The zero-order valence-electron chi connectivity index (χ0n) is 10.2. The van der Waals surface area contributed by atoms with Gasteiger partial charge in [0.15, 0.2) is 5.65 Å². The van der Waals surface area contributed by atoms with E-state index in [2.05, 4.69) is 21.5 Å². The summed E-state index contributed by atoms with van der Waals surface area (Å²) in [7, 11) is 0. The van der Waals surface area contributed by atoms with Crippen LogP contribution in [0.15, 0.2) is 12.1 Å². The second kappa shape index (κ2) is 3.98. The first-order valence-corrected chi connectivity index (χ1v) is 6.64. The SMILES string of the molecule is Cc1ccc2nc(CCl)n(C(C)C3CC3)c2n1. The number of pyridine rings is 1. The molecule has 0 aromatic carbocycles. The van der Waals surface area contributed by atoms with Crippen molar-refractivity contribution < 1.29 is 0 Å². The number of nitrogens with zero attached hydrogens (tertiary/aromatic N) is 3. The van der Waals surface area contributed by atoms with Gasteiger partial charge in [0.25, 0.3) is 0 Å². The van der Waals surface area contributed by atoms with Gasteiger partial charge in [-0.25, -0.2) is 9.97 Å². The van der Waals surface area contributed by atoms with Crippen LogP contribution in [0.5, 0.6) is 0 Å². The summed E-state index contributed by atoms with van der Waals surface area (Å²) in [4.78, 5) is 9.19. The molecule has 0 saturated heterocycles. The standard InChI is InChI=1S/C13H16ClN3/c1-8-3-6-11-13(15-8)17(12(7-14)16-11)9(2)10-4-5-10/h3,6,9-10H,4-5,7H2,1-2H3. The van der Waals surface area contributed by atoms with Crippen LogP contribution in [-0.2, 0) is 5.88 Å². The fourth-order valence-electron chi connectivity index (χ4n) is 2.43. The van der Waals surface area contributed by atoms with Crippen molar-refractivity contribution in [3.05, 3.63) is 23.7 Å². The van der Waals surface area contributed by atoms with E-state index in [4.69, 9.17) is 11.6 Å². The Kier molecular flexibility index (Phi) is 2.58. The summed E-state index contributed by atoms with van der Waals surface area (Å²) in [5.41, 5.74) is 2.97. The van der Waals surface area contributed by atoms with Gasteiger partial charge < -0.3 is 4.57 Å². The van der Waals surface area contributed by atoms with E-state index in [0.717, 1.165) is 28.6 Å². The summed E-state index contributed by atoms with van der Waals surface area (Å²) in [5.74, 6) is 2.17. The molecule has 0 bridgehead atoms. The highest BCUT2D eigenvalue weighted by Gasteiger charge is 2.31. The fourth-order valence-corrected chi connectivity index (χ4v) is 2.62. The maximum Gasteiger partial charge on any atom is 0.160 e. The molecule has 0 aliphatic heterocycles. The van der Waals surface area contributed by atoms with Gasteiger partial charge in [0.1, 0.15) is 11.3 Å². The van der Waals surface area contributed by atoms with E-state index < -0.39 is 0 Å². The van der Waals surface area contributed by atoms with E-state index >= 15 is 0 Å².